The molecule has 0 fully saturated rings. The molecule has 0 radical (unpaired) electrons. The Morgan fingerprint density at radius 2 is 1.77 bits per heavy atom. The highest BCUT2D eigenvalue weighted by Crippen LogP contribution is 2.29. The third-order valence-electron chi connectivity index (χ3n) is 4.78. The van der Waals surface area contributed by atoms with Crippen molar-refractivity contribution in [2.24, 2.45) is 11.7 Å². The molecular weight excluding hydrogens is 369 g/mol. The summed E-state index contributed by atoms with van der Waals surface area (Å²) in [5, 5.41) is 2.93. The van der Waals surface area contributed by atoms with E-state index in [1.165, 1.54) is 16.8 Å². The molecule has 0 bridgehead atoms. The molecule has 3 rings (SSSR count). The fraction of sp³-hybridized carbons (Fsp3) is 0.350. The van der Waals surface area contributed by atoms with Crippen LogP contribution in [0.25, 0.3) is 0 Å². The summed E-state index contributed by atoms with van der Waals surface area (Å²) in [6, 6.07) is 16.5. The van der Waals surface area contributed by atoms with Gasteiger partial charge in [0.15, 0.2) is 0 Å². The first-order valence-electron chi connectivity index (χ1n) is 8.53. The molecule has 0 aliphatic carbocycles. The monoisotopic (exact) mass is 395 g/mol. The summed E-state index contributed by atoms with van der Waals surface area (Å²) < 4.78 is 0. The second kappa shape index (κ2) is 9.81. The fourth-order valence-corrected chi connectivity index (χ4v) is 2.98. The number of carbonyl (C=O) groups is 1. The lowest BCUT2D eigenvalue weighted by molar-refractivity contribution is -0.119. The molecule has 3 N–H and O–H groups in total. The highest BCUT2D eigenvalue weighted by molar-refractivity contribution is 5.92. The van der Waals surface area contributed by atoms with Crippen LogP contribution >= 0.6 is 24.8 Å². The van der Waals surface area contributed by atoms with Gasteiger partial charge in [0.25, 0.3) is 0 Å². The van der Waals surface area contributed by atoms with Crippen LogP contribution in [0.15, 0.2) is 48.5 Å². The van der Waals surface area contributed by atoms with Gasteiger partial charge in [0, 0.05) is 30.5 Å². The third kappa shape index (κ3) is 5.13. The smallest absolute Gasteiger partial charge is 0.228 e. The van der Waals surface area contributed by atoms with Crippen molar-refractivity contribution in [1.82, 2.24) is 0 Å². The number of amides is 1. The van der Waals surface area contributed by atoms with Crippen LogP contribution in [0.2, 0.25) is 0 Å². The number of para-hydroxylation sites is 1. The average Bonchev–Trinajstić information content (AvgIpc) is 2.99. The average molecular weight is 396 g/mol. The highest BCUT2D eigenvalue weighted by atomic mass is 35.5. The number of carbonyl (C=O) groups excluding carboxylic acids is 1. The van der Waals surface area contributed by atoms with E-state index in [2.05, 4.69) is 46.6 Å². The SMILES string of the molecule is CC(N)C(C)C(=O)Nc1ccc(CN2CCc3ccccc32)cc1.Cl.Cl. The number of halogens is 2. The Morgan fingerprint density at radius 1 is 1.12 bits per heavy atom. The van der Waals surface area contributed by atoms with Gasteiger partial charge >= 0.3 is 0 Å². The van der Waals surface area contributed by atoms with Crippen LogP contribution < -0.4 is 16.0 Å². The lowest BCUT2D eigenvalue weighted by Gasteiger charge is -2.20. The molecule has 6 heteroatoms. The van der Waals surface area contributed by atoms with Crippen LogP contribution in [0.4, 0.5) is 11.4 Å². The summed E-state index contributed by atoms with van der Waals surface area (Å²) in [5.74, 6) is -0.239. The molecule has 142 valence electrons. The molecule has 0 spiro atoms. The predicted molar refractivity (Wildman–Crippen MR) is 114 cm³/mol. The summed E-state index contributed by atoms with van der Waals surface area (Å²) in [6.45, 7) is 5.64. The van der Waals surface area contributed by atoms with E-state index in [-0.39, 0.29) is 42.7 Å². The van der Waals surface area contributed by atoms with E-state index in [1.807, 2.05) is 26.0 Å². The molecule has 0 saturated carbocycles. The largest absolute Gasteiger partial charge is 0.367 e. The van der Waals surface area contributed by atoms with Gasteiger partial charge in [0.05, 0.1) is 5.92 Å². The van der Waals surface area contributed by atoms with Crippen molar-refractivity contribution in [1.29, 1.82) is 0 Å². The van der Waals surface area contributed by atoms with Crippen molar-refractivity contribution in [2.45, 2.75) is 32.9 Å². The van der Waals surface area contributed by atoms with Crippen molar-refractivity contribution >= 4 is 42.1 Å². The number of nitrogens with one attached hydrogen (secondary N) is 1. The Labute approximate surface area is 168 Å². The molecule has 1 aliphatic heterocycles. The zero-order valence-corrected chi connectivity index (χ0v) is 16.8. The van der Waals surface area contributed by atoms with Gasteiger partial charge in [-0.15, -0.1) is 24.8 Å². The minimum Gasteiger partial charge on any atom is -0.367 e. The van der Waals surface area contributed by atoms with E-state index in [9.17, 15) is 4.79 Å². The topological polar surface area (TPSA) is 58.4 Å². The summed E-state index contributed by atoms with van der Waals surface area (Å²) >= 11 is 0. The minimum absolute atomic E-state index is 0. The number of anilines is 2. The van der Waals surface area contributed by atoms with Gasteiger partial charge in [-0.25, -0.2) is 0 Å². The number of nitrogens with two attached hydrogens (primary N) is 1. The molecule has 26 heavy (non-hydrogen) atoms. The van der Waals surface area contributed by atoms with E-state index in [1.54, 1.807) is 0 Å². The molecule has 0 aromatic heterocycles. The minimum atomic E-state index is -0.203. The molecule has 1 amide bonds. The van der Waals surface area contributed by atoms with Gasteiger partial charge in [-0.3, -0.25) is 4.79 Å². The Balaban J connectivity index is 0.00000169. The number of benzene rings is 2. The fourth-order valence-electron chi connectivity index (χ4n) is 2.98. The number of hydrogen-bond donors (Lipinski definition) is 2. The summed E-state index contributed by atoms with van der Waals surface area (Å²) in [7, 11) is 0. The van der Waals surface area contributed by atoms with Crippen LogP contribution in [-0.4, -0.2) is 18.5 Å². The molecule has 2 aromatic rings. The van der Waals surface area contributed by atoms with Gasteiger partial charge in [-0.05, 0) is 42.7 Å². The lowest BCUT2D eigenvalue weighted by atomic mass is 10.0. The lowest BCUT2D eigenvalue weighted by Crippen LogP contribution is -2.34. The van der Waals surface area contributed by atoms with Crippen LogP contribution in [0, 0.1) is 5.92 Å². The molecule has 2 aromatic carbocycles. The van der Waals surface area contributed by atoms with E-state index < -0.39 is 0 Å². The van der Waals surface area contributed by atoms with Crippen molar-refractivity contribution < 1.29 is 4.79 Å². The van der Waals surface area contributed by atoms with E-state index in [0.29, 0.717) is 0 Å². The van der Waals surface area contributed by atoms with Crippen molar-refractivity contribution in [2.75, 3.05) is 16.8 Å². The first kappa shape index (κ1) is 22.3. The predicted octanol–water partition coefficient (Wildman–Crippen LogP) is 4.01. The molecular formula is C20H27Cl2N3O. The number of rotatable bonds is 5. The van der Waals surface area contributed by atoms with Crippen LogP contribution in [0.1, 0.15) is 25.0 Å². The van der Waals surface area contributed by atoms with E-state index >= 15 is 0 Å². The van der Waals surface area contributed by atoms with E-state index in [0.717, 1.165) is 25.2 Å². The Hall–Kier alpha value is -1.75. The quantitative estimate of drug-likeness (QED) is 0.803. The first-order chi connectivity index (χ1) is 11.5. The van der Waals surface area contributed by atoms with Crippen LogP contribution in [0.3, 0.4) is 0 Å². The Morgan fingerprint density at radius 3 is 2.42 bits per heavy atom. The zero-order valence-electron chi connectivity index (χ0n) is 15.1. The van der Waals surface area contributed by atoms with Crippen molar-refractivity contribution in [3.8, 4) is 0 Å². The van der Waals surface area contributed by atoms with Gasteiger partial charge in [0.1, 0.15) is 0 Å². The standard InChI is InChI=1S/C20H25N3O.2ClH/c1-14(15(2)21)20(24)22-18-9-7-16(8-10-18)13-23-12-11-17-5-3-4-6-19(17)23;;/h3-10,14-15H,11-13,21H2,1-2H3,(H,22,24);2*1H. The number of fused-ring (bicyclic) bond motifs is 1. The van der Waals surface area contributed by atoms with Gasteiger partial charge in [0.2, 0.25) is 5.91 Å². The third-order valence-corrected chi connectivity index (χ3v) is 4.78. The maximum atomic E-state index is 12.1. The molecule has 2 unspecified atom stereocenters. The summed E-state index contributed by atoms with van der Waals surface area (Å²) in [4.78, 5) is 14.5. The van der Waals surface area contributed by atoms with Gasteiger partial charge in [-0.2, -0.15) is 0 Å². The van der Waals surface area contributed by atoms with Crippen LogP contribution in [0.5, 0.6) is 0 Å². The second-order valence-electron chi connectivity index (χ2n) is 6.63. The molecule has 2 atom stereocenters. The Kier molecular flexibility index (Phi) is 8.41. The molecule has 1 aliphatic rings. The van der Waals surface area contributed by atoms with E-state index in [4.69, 9.17) is 5.73 Å². The maximum Gasteiger partial charge on any atom is 0.228 e. The van der Waals surface area contributed by atoms with Gasteiger partial charge in [-0.1, -0.05) is 37.3 Å². The normalized spacial score (nSPS) is 14.5. The number of hydrogen-bond acceptors (Lipinski definition) is 3. The van der Waals surface area contributed by atoms with Crippen molar-refractivity contribution in [3.05, 3.63) is 59.7 Å². The van der Waals surface area contributed by atoms with Crippen LogP contribution in [-0.2, 0) is 17.8 Å². The summed E-state index contributed by atoms with van der Waals surface area (Å²) in [6.07, 6.45) is 1.11. The Bertz CT molecular complexity index is 719. The maximum absolute atomic E-state index is 12.1. The van der Waals surface area contributed by atoms with Gasteiger partial charge < -0.3 is 16.0 Å². The number of nitrogens with zero attached hydrogens (tertiary/aromatic N) is 1. The highest BCUT2D eigenvalue weighted by Gasteiger charge is 2.19. The first-order valence-corrected chi connectivity index (χ1v) is 8.53. The zero-order chi connectivity index (χ0) is 17.1. The molecule has 1 heterocycles. The summed E-state index contributed by atoms with van der Waals surface area (Å²) in [5.41, 5.74) is 10.6. The molecule has 4 nitrogen and oxygen atoms in total. The second-order valence-corrected chi connectivity index (χ2v) is 6.63. The van der Waals surface area contributed by atoms with Crippen molar-refractivity contribution in [3.63, 3.8) is 0 Å². The molecule has 0 saturated heterocycles.